The molecule has 2 unspecified atom stereocenters. The lowest BCUT2D eigenvalue weighted by Gasteiger charge is -2.56. The molecule has 3 aliphatic heterocycles. The number of allylic oxidation sites excluding steroid dienone is 1. The van der Waals surface area contributed by atoms with Crippen LogP contribution in [-0.4, -0.2) is 166 Å². The van der Waals surface area contributed by atoms with E-state index in [1.165, 1.54) is 29.5 Å². The highest BCUT2D eigenvalue weighted by molar-refractivity contribution is 5.92. The molecule has 4 aromatic carbocycles. The molecule has 0 saturated carbocycles. The number of methoxy groups -OCH3 is 1. The number of rotatable bonds is 29. The Labute approximate surface area is 544 Å². The van der Waals surface area contributed by atoms with Gasteiger partial charge >= 0.3 is 18.2 Å². The Balaban J connectivity index is 0.817. The fourth-order valence-electron chi connectivity index (χ4n) is 13.1. The summed E-state index contributed by atoms with van der Waals surface area (Å²) in [7, 11) is 3.76. The minimum atomic E-state index is -1.08. The molecule has 0 radical (unpaired) electrons. The van der Waals surface area contributed by atoms with Gasteiger partial charge in [-0.2, -0.15) is 0 Å². The molecule has 28 heteroatoms. The van der Waals surface area contributed by atoms with Crippen LogP contribution in [0.15, 0.2) is 113 Å². The summed E-state index contributed by atoms with van der Waals surface area (Å²) in [6.07, 6.45) is 3.93. The van der Waals surface area contributed by atoms with Crippen LogP contribution in [0.2, 0.25) is 0 Å². The van der Waals surface area contributed by atoms with Crippen LogP contribution in [0, 0.1) is 11.8 Å². The van der Waals surface area contributed by atoms with E-state index in [2.05, 4.69) is 59.9 Å². The van der Waals surface area contributed by atoms with Crippen molar-refractivity contribution < 1.29 is 66.8 Å². The van der Waals surface area contributed by atoms with Crippen molar-refractivity contribution in [1.29, 1.82) is 0 Å². The lowest BCUT2D eigenvalue weighted by molar-refractivity contribution is -0.130. The zero-order valence-electron chi connectivity index (χ0n) is 53.0. The first kappa shape index (κ1) is 68.3. The highest BCUT2D eigenvalue weighted by Crippen LogP contribution is 2.64. The molecule has 2 bridgehead atoms. The lowest BCUT2D eigenvalue weighted by Crippen LogP contribution is -2.63. The predicted molar refractivity (Wildman–Crippen MR) is 345 cm³/mol. The standard InChI is InChI=1S/C66H84N14O14/c1-39(81)74-37-54(82)77-49(13-9-29-73-62(67)68)60(85)75-36-45-34-43(26-31-80(45)65(88)93-53-25-23-48-51-35-42-16-24-52(89-3)56-55(42)66(48,57(53)94-56)27-32-79(51)2)58(83)71-28-8-7-12-50(78-64(87)91-38-40-10-5-4-6-11-40)59(84)72-30-33-90-46-19-14-41(15-20-46)61(86)92-47-21-17-44(18-22-47)76-63(69)70/h4-6,10-11,14-22,24-25,43,45,48-51,57H,7-9,12-13,23,26-38H2,1-3H3,(H,71,83)(H,72,84)(H,74,81)(H,75,85)(H,77,82)(H,78,87)(H4,67,68,73)(H4,69,70,76)/t43?,45?,48-,49-,50-,51+,57-,66-/m0/s1. The first-order valence-electron chi connectivity index (χ1n) is 31.6. The van der Waals surface area contributed by atoms with Gasteiger partial charge < -0.3 is 93.1 Å². The molecule has 8 atom stereocenters. The Morgan fingerprint density at radius 1 is 0.777 bits per heavy atom. The predicted octanol–water partition coefficient (Wildman–Crippen LogP) is 2.77. The summed E-state index contributed by atoms with van der Waals surface area (Å²) in [6, 6.07) is 23.0. The van der Waals surface area contributed by atoms with Gasteiger partial charge in [-0.3, -0.25) is 29.0 Å². The zero-order chi connectivity index (χ0) is 66.9. The van der Waals surface area contributed by atoms with E-state index in [0.29, 0.717) is 54.4 Å². The molecule has 94 heavy (non-hydrogen) atoms. The molecule has 7 amide bonds. The third-order valence-electron chi connectivity index (χ3n) is 17.7. The molecule has 3 heterocycles. The van der Waals surface area contributed by atoms with Crippen molar-refractivity contribution in [1.82, 2.24) is 41.7 Å². The maximum atomic E-state index is 14.8. The number of ether oxygens (including phenoxy) is 6. The molecule has 2 fully saturated rings. The number of hydrogen-bond acceptors (Lipinski definition) is 17. The van der Waals surface area contributed by atoms with Crippen LogP contribution < -0.4 is 73.8 Å². The third kappa shape index (κ3) is 17.3. The van der Waals surface area contributed by atoms with E-state index in [4.69, 9.17) is 51.4 Å². The van der Waals surface area contributed by atoms with Gasteiger partial charge in [-0.05, 0) is 156 Å². The van der Waals surface area contributed by atoms with Gasteiger partial charge in [-0.25, -0.2) is 19.4 Å². The summed E-state index contributed by atoms with van der Waals surface area (Å²) in [5, 5.41) is 16.5. The number of benzene rings is 4. The SMILES string of the molecule is COc1ccc2c3c1O[C@H]1C(OC(=O)N4CCC(C(=O)NCCCC[C@H](NC(=O)OCc5ccccc5)C(=O)NCCOc5ccc(C(=O)Oc6ccc(N=C(N)N)cc6)cc5)CC4CNC(=O)[C@H](CCCN=C(N)N)NC(=O)CNC(C)=O)=CC[C@H]4[C@@H](C2)N(C)CC[C@]314. The lowest BCUT2D eigenvalue weighted by atomic mass is 9.53. The smallest absolute Gasteiger partial charge is 0.415 e. The molecule has 2 saturated heterocycles. The van der Waals surface area contributed by atoms with Crippen molar-refractivity contribution in [3.63, 3.8) is 0 Å². The summed E-state index contributed by atoms with van der Waals surface area (Å²) in [5.74, 6) is -1.29. The average molecular weight is 1300 g/mol. The number of likely N-dealkylation sites (tertiary alicyclic amines) is 2. The number of hydrogen-bond donors (Lipinski definition) is 10. The van der Waals surface area contributed by atoms with Gasteiger partial charge in [0.25, 0.3) is 0 Å². The van der Waals surface area contributed by atoms with Gasteiger partial charge in [0.1, 0.15) is 42.6 Å². The Bertz CT molecular complexity index is 3470. The van der Waals surface area contributed by atoms with E-state index in [-0.39, 0.29) is 119 Å². The van der Waals surface area contributed by atoms with E-state index >= 15 is 0 Å². The largest absolute Gasteiger partial charge is 0.493 e. The number of esters is 1. The Kier molecular flexibility index (Phi) is 23.2. The molecule has 9 rings (SSSR count). The van der Waals surface area contributed by atoms with Gasteiger partial charge in [0.05, 0.1) is 37.5 Å². The molecule has 5 aliphatic rings. The Morgan fingerprint density at radius 3 is 2.24 bits per heavy atom. The first-order chi connectivity index (χ1) is 45.3. The van der Waals surface area contributed by atoms with E-state index in [0.717, 1.165) is 30.5 Å². The van der Waals surface area contributed by atoms with Gasteiger partial charge in [0, 0.05) is 56.0 Å². The number of unbranched alkanes of at least 4 members (excludes halogenated alkanes) is 1. The second-order valence-electron chi connectivity index (χ2n) is 23.9. The molecular formula is C66H84N14O14. The normalized spacial score (nSPS) is 20.3. The fraction of sp³-hybridized carbons (Fsp3) is 0.455. The second kappa shape index (κ2) is 31.9. The second-order valence-corrected chi connectivity index (χ2v) is 23.9. The molecular weight excluding hydrogens is 1210 g/mol. The van der Waals surface area contributed by atoms with Gasteiger partial charge in [0.2, 0.25) is 29.5 Å². The third-order valence-corrected chi connectivity index (χ3v) is 17.7. The van der Waals surface area contributed by atoms with E-state index in [1.54, 1.807) is 55.6 Å². The number of nitrogens with two attached hydrogens (primary N) is 4. The Hall–Kier alpha value is -10.1. The average Bonchev–Trinajstić information content (AvgIpc) is 1.47. The molecule has 28 nitrogen and oxygen atoms in total. The van der Waals surface area contributed by atoms with Gasteiger partial charge in [-0.1, -0.05) is 36.4 Å². The molecule has 0 aromatic heterocycles. The fourth-order valence-corrected chi connectivity index (χ4v) is 13.1. The molecule has 1 spiro atoms. The number of carbonyl (C=O) groups is 8. The maximum absolute atomic E-state index is 14.8. The van der Waals surface area contributed by atoms with E-state index in [9.17, 15) is 38.4 Å². The summed E-state index contributed by atoms with van der Waals surface area (Å²) >= 11 is 0. The van der Waals surface area contributed by atoms with Crippen molar-refractivity contribution >= 4 is 65.3 Å². The van der Waals surface area contributed by atoms with Crippen LogP contribution in [-0.2, 0) is 51.9 Å². The number of piperidine rings is 2. The Morgan fingerprint density at radius 2 is 1.51 bits per heavy atom. The number of alkyl carbamates (subject to hydrolysis) is 1. The van der Waals surface area contributed by atoms with Crippen molar-refractivity contribution in [2.75, 3.05) is 66.6 Å². The minimum Gasteiger partial charge on any atom is -0.493 e. The maximum Gasteiger partial charge on any atom is 0.415 e. The minimum absolute atomic E-state index is 0.0286. The number of guanidine groups is 2. The van der Waals surface area contributed by atoms with Crippen LogP contribution in [0.1, 0.15) is 91.8 Å². The summed E-state index contributed by atoms with van der Waals surface area (Å²) in [5.41, 5.74) is 25.3. The first-order valence-corrected chi connectivity index (χ1v) is 31.6. The molecule has 502 valence electrons. The number of nitrogens with zero attached hydrogens (tertiary/aromatic N) is 4. The van der Waals surface area contributed by atoms with Crippen LogP contribution >= 0.6 is 0 Å². The monoisotopic (exact) mass is 1300 g/mol. The van der Waals surface area contributed by atoms with Gasteiger partial charge in [-0.15, -0.1) is 0 Å². The van der Waals surface area contributed by atoms with Crippen molar-refractivity contribution in [2.45, 2.75) is 113 Å². The van der Waals surface area contributed by atoms with Crippen LogP contribution in [0.3, 0.4) is 0 Å². The topological polar surface area (TPSA) is 399 Å². The van der Waals surface area contributed by atoms with Crippen molar-refractivity contribution in [2.24, 2.45) is 44.8 Å². The quantitative estimate of drug-likeness (QED) is 0.0123. The molecule has 2 aliphatic carbocycles. The summed E-state index contributed by atoms with van der Waals surface area (Å²) in [4.78, 5) is 119. The molecule has 14 N–H and O–H groups in total. The number of carbonyl (C=O) groups excluding carboxylic acids is 8. The highest BCUT2D eigenvalue weighted by Gasteiger charge is 2.65. The number of aliphatic imine (C=N–C) groups is 2. The number of likely N-dealkylation sites (N-methyl/N-ethyl adjacent to an activating group) is 1. The highest BCUT2D eigenvalue weighted by atomic mass is 16.6. The molecule has 4 aromatic rings. The summed E-state index contributed by atoms with van der Waals surface area (Å²) in [6.45, 7) is 2.12. The van der Waals surface area contributed by atoms with Crippen LogP contribution in [0.4, 0.5) is 15.3 Å². The zero-order valence-corrected chi connectivity index (χ0v) is 53.0. The number of nitrogens with one attached hydrogen (secondary N) is 6. The van der Waals surface area contributed by atoms with Gasteiger partial charge in [0.15, 0.2) is 29.5 Å². The van der Waals surface area contributed by atoms with Crippen LogP contribution in [0.25, 0.3) is 0 Å². The van der Waals surface area contributed by atoms with E-state index in [1.807, 2.05) is 30.3 Å². The van der Waals surface area contributed by atoms with E-state index < -0.39 is 77.3 Å². The van der Waals surface area contributed by atoms with Crippen LogP contribution in [0.5, 0.6) is 23.0 Å². The summed E-state index contributed by atoms with van der Waals surface area (Å²) < 4.78 is 35.9. The number of amides is 7. The van der Waals surface area contributed by atoms with Crippen molar-refractivity contribution in [3.05, 3.63) is 125 Å². The van der Waals surface area contributed by atoms with Crippen molar-refractivity contribution in [3.8, 4) is 23.0 Å².